The van der Waals surface area contributed by atoms with E-state index in [1.54, 1.807) is 18.3 Å². The Morgan fingerprint density at radius 2 is 1.82 bits per heavy atom. The number of likely N-dealkylation sites (tertiary alicyclic amines) is 1. The standard InChI is InChI=1S/C29H37ClN6O3/c1-18-27(31-16-24(32-18)28(37)33-21-7-8-21)36-14-13-35(25-3-2-4-26(25)36)22-9-11-34(12-10-22)17-19-5-6-20(30)15-23(19)29(38)39/h5-6,15-16,21-22,25-26H,2-4,7-14,17H2,1H3,(H,33,37)(H,38,39)/t25-,26+/m0/s1. The zero-order valence-electron chi connectivity index (χ0n) is 22.5. The number of hydrogen-bond donors (Lipinski definition) is 2. The quantitative estimate of drug-likeness (QED) is 0.536. The molecule has 4 aliphatic rings. The molecular formula is C29H37ClN6O3. The summed E-state index contributed by atoms with van der Waals surface area (Å²) in [5.74, 6) is -0.130. The van der Waals surface area contributed by atoms with Gasteiger partial charge in [0, 0.05) is 48.8 Å². The van der Waals surface area contributed by atoms with E-state index in [1.165, 1.54) is 12.8 Å². The highest BCUT2D eigenvalue weighted by atomic mass is 35.5. The van der Waals surface area contributed by atoms with Gasteiger partial charge in [-0.15, -0.1) is 0 Å². The molecule has 0 unspecified atom stereocenters. The van der Waals surface area contributed by atoms with E-state index < -0.39 is 5.97 Å². The van der Waals surface area contributed by atoms with Gasteiger partial charge in [0.05, 0.1) is 17.5 Å². The van der Waals surface area contributed by atoms with Gasteiger partial charge in [-0.2, -0.15) is 0 Å². The lowest BCUT2D eigenvalue weighted by molar-refractivity contribution is 0.0531. The first-order valence-corrected chi connectivity index (χ1v) is 14.7. The van der Waals surface area contributed by atoms with Crippen molar-refractivity contribution in [2.24, 2.45) is 0 Å². The van der Waals surface area contributed by atoms with E-state index >= 15 is 0 Å². The maximum atomic E-state index is 12.5. The van der Waals surface area contributed by atoms with Crippen LogP contribution in [0.15, 0.2) is 24.4 Å². The SMILES string of the molecule is Cc1nc(C(=O)NC2CC2)cnc1N1CCN(C2CCN(Cc3ccc(Cl)cc3C(=O)O)CC2)[C@H]2CCC[C@H]21. The number of carbonyl (C=O) groups excluding carboxylic acids is 1. The summed E-state index contributed by atoms with van der Waals surface area (Å²) in [7, 11) is 0. The van der Waals surface area contributed by atoms with Crippen LogP contribution >= 0.6 is 11.6 Å². The van der Waals surface area contributed by atoms with Crippen molar-refractivity contribution in [3.8, 4) is 0 Å². The van der Waals surface area contributed by atoms with Crippen LogP contribution in [-0.4, -0.2) is 87.1 Å². The van der Waals surface area contributed by atoms with Crippen molar-refractivity contribution in [1.82, 2.24) is 25.1 Å². The molecule has 2 N–H and O–H groups in total. The Bertz CT molecular complexity index is 1250. The van der Waals surface area contributed by atoms with Crippen molar-refractivity contribution in [3.63, 3.8) is 0 Å². The lowest BCUT2D eigenvalue weighted by Gasteiger charge is -2.50. The third-order valence-electron chi connectivity index (χ3n) is 8.93. The second-order valence-electron chi connectivity index (χ2n) is 11.5. The van der Waals surface area contributed by atoms with Crippen LogP contribution in [-0.2, 0) is 6.54 Å². The van der Waals surface area contributed by atoms with E-state index in [-0.39, 0.29) is 5.91 Å². The molecule has 2 saturated heterocycles. The van der Waals surface area contributed by atoms with E-state index in [1.807, 2.05) is 13.0 Å². The van der Waals surface area contributed by atoms with Gasteiger partial charge in [0.15, 0.2) is 0 Å². The van der Waals surface area contributed by atoms with E-state index in [9.17, 15) is 14.7 Å². The summed E-state index contributed by atoms with van der Waals surface area (Å²) in [5, 5.41) is 13.1. The number of rotatable bonds is 7. The summed E-state index contributed by atoms with van der Waals surface area (Å²) < 4.78 is 0. The van der Waals surface area contributed by atoms with Gasteiger partial charge in [-0.05, 0) is 82.7 Å². The summed E-state index contributed by atoms with van der Waals surface area (Å²) >= 11 is 6.04. The van der Waals surface area contributed by atoms with Crippen molar-refractivity contribution in [3.05, 3.63) is 51.9 Å². The summed E-state index contributed by atoms with van der Waals surface area (Å²) in [6.45, 7) is 6.43. The Balaban J connectivity index is 1.08. The van der Waals surface area contributed by atoms with Gasteiger partial charge in [0.2, 0.25) is 0 Å². The molecule has 2 saturated carbocycles. The number of halogens is 1. The van der Waals surface area contributed by atoms with Crippen LogP contribution in [0, 0.1) is 6.92 Å². The van der Waals surface area contributed by atoms with Crippen molar-refractivity contribution >= 4 is 29.3 Å². The summed E-state index contributed by atoms with van der Waals surface area (Å²) in [6.07, 6.45) is 9.48. The van der Waals surface area contributed by atoms with Crippen molar-refractivity contribution < 1.29 is 14.7 Å². The molecule has 2 atom stereocenters. The number of nitrogens with zero attached hydrogens (tertiary/aromatic N) is 5. The van der Waals surface area contributed by atoms with Crippen LogP contribution in [0.5, 0.6) is 0 Å². The lowest BCUT2D eigenvalue weighted by Crippen LogP contribution is -2.61. The number of carboxylic acid groups (broad SMARTS) is 1. The Morgan fingerprint density at radius 3 is 2.54 bits per heavy atom. The molecule has 1 aromatic heterocycles. The van der Waals surface area contributed by atoms with Crippen LogP contribution in [0.4, 0.5) is 5.82 Å². The number of anilines is 1. The van der Waals surface area contributed by atoms with E-state index in [0.29, 0.717) is 47.0 Å². The molecular weight excluding hydrogens is 516 g/mol. The first-order valence-electron chi connectivity index (χ1n) is 14.3. The third kappa shape index (κ3) is 5.62. The maximum absolute atomic E-state index is 12.5. The number of aromatic nitrogens is 2. The van der Waals surface area contributed by atoms with Gasteiger partial charge < -0.3 is 15.3 Å². The smallest absolute Gasteiger partial charge is 0.336 e. The predicted octanol–water partition coefficient (Wildman–Crippen LogP) is 3.74. The summed E-state index contributed by atoms with van der Waals surface area (Å²) in [4.78, 5) is 41.1. The van der Waals surface area contributed by atoms with Crippen LogP contribution in [0.2, 0.25) is 5.02 Å². The number of carboxylic acids is 1. The molecule has 0 radical (unpaired) electrons. The number of fused-ring (bicyclic) bond motifs is 1. The summed E-state index contributed by atoms with van der Waals surface area (Å²) in [5.41, 5.74) is 2.35. The highest BCUT2D eigenvalue weighted by Crippen LogP contribution is 2.37. The second kappa shape index (κ2) is 11.0. The number of aryl methyl sites for hydroxylation is 1. The molecule has 1 aromatic carbocycles. The van der Waals surface area contributed by atoms with Crippen molar-refractivity contribution in [2.75, 3.05) is 31.1 Å². The van der Waals surface area contributed by atoms with Crippen LogP contribution in [0.1, 0.15) is 77.0 Å². The number of carbonyl (C=O) groups is 2. The average molecular weight is 553 g/mol. The fourth-order valence-electron chi connectivity index (χ4n) is 6.83. The number of hydrogen-bond acceptors (Lipinski definition) is 7. The first kappa shape index (κ1) is 26.5. The minimum absolute atomic E-state index is 0.121. The Kier molecular flexibility index (Phi) is 7.48. The van der Waals surface area contributed by atoms with Gasteiger partial charge >= 0.3 is 5.97 Å². The largest absolute Gasteiger partial charge is 0.478 e. The number of amides is 1. The molecule has 4 fully saturated rings. The maximum Gasteiger partial charge on any atom is 0.336 e. The monoisotopic (exact) mass is 552 g/mol. The molecule has 10 heteroatoms. The van der Waals surface area contributed by atoms with Gasteiger partial charge in [-0.1, -0.05) is 17.7 Å². The molecule has 39 heavy (non-hydrogen) atoms. The minimum atomic E-state index is -0.927. The number of aromatic carboxylic acids is 1. The van der Waals surface area contributed by atoms with Crippen LogP contribution in [0.25, 0.3) is 0 Å². The molecule has 1 amide bonds. The fourth-order valence-corrected chi connectivity index (χ4v) is 7.00. The molecule has 3 heterocycles. The number of nitrogens with one attached hydrogen (secondary N) is 1. The van der Waals surface area contributed by atoms with Crippen molar-refractivity contribution in [1.29, 1.82) is 0 Å². The minimum Gasteiger partial charge on any atom is -0.478 e. The molecule has 2 aromatic rings. The van der Waals surface area contributed by atoms with Gasteiger partial charge in [-0.25, -0.2) is 14.8 Å². The van der Waals surface area contributed by atoms with E-state index in [2.05, 4.69) is 25.0 Å². The first-order chi connectivity index (χ1) is 18.9. The Labute approximate surface area is 234 Å². The van der Waals surface area contributed by atoms with Crippen molar-refractivity contribution in [2.45, 2.75) is 82.6 Å². The normalized spacial score (nSPS) is 24.5. The molecule has 2 aliphatic carbocycles. The predicted molar refractivity (Wildman–Crippen MR) is 149 cm³/mol. The molecule has 0 spiro atoms. The molecule has 2 aliphatic heterocycles. The zero-order valence-corrected chi connectivity index (χ0v) is 23.2. The van der Waals surface area contributed by atoms with Gasteiger partial charge in [-0.3, -0.25) is 14.6 Å². The van der Waals surface area contributed by atoms with Gasteiger partial charge in [0.25, 0.3) is 5.91 Å². The molecule has 9 nitrogen and oxygen atoms in total. The molecule has 6 rings (SSSR count). The number of piperazine rings is 1. The number of benzene rings is 1. The lowest BCUT2D eigenvalue weighted by atomic mass is 9.95. The Hall–Kier alpha value is -2.75. The van der Waals surface area contributed by atoms with Gasteiger partial charge in [0.1, 0.15) is 11.5 Å². The van der Waals surface area contributed by atoms with Crippen LogP contribution in [0.3, 0.4) is 0 Å². The van der Waals surface area contributed by atoms with E-state index in [0.717, 1.165) is 75.4 Å². The summed E-state index contributed by atoms with van der Waals surface area (Å²) in [6, 6.07) is 6.94. The number of piperidine rings is 1. The zero-order chi connectivity index (χ0) is 27.1. The Morgan fingerprint density at radius 1 is 1.05 bits per heavy atom. The third-order valence-corrected chi connectivity index (χ3v) is 9.16. The second-order valence-corrected chi connectivity index (χ2v) is 12.0. The highest BCUT2D eigenvalue weighted by molar-refractivity contribution is 6.31. The fraction of sp³-hybridized carbons (Fsp3) is 0.586. The molecule has 208 valence electrons. The highest BCUT2D eigenvalue weighted by Gasteiger charge is 2.43. The topological polar surface area (TPSA) is 102 Å². The average Bonchev–Trinajstić information content (AvgIpc) is 3.60. The van der Waals surface area contributed by atoms with Crippen LogP contribution < -0.4 is 10.2 Å². The van der Waals surface area contributed by atoms with E-state index in [4.69, 9.17) is 16.6 Å². The molecule has 0 bridgehead atoms.